The van der Waals surface area contributed by atoms with Crippen LogP contribution in [0.15, 0.2) is 12.1 Å². The minimum Gasteiger partial charge on any atom is -0.386 e. The van der Waals surface area contributed by atoms with E-state index < -0.39 is 23.6 Å². The molecule has 0 aliphatic heterocycles. The van der Waals surface area contributed by atoms with Gasteiger partial charge in [-0.3, -0.25) is 0 Å². The Kier molecular flexibility index (Phi) is 4.76. The number of benzene rings is 1. The molecule has 0 saturated carbocycles. The summed E-state index contributed by atoms with van der Waals surface area (Å²) in [6, 6.07) is 1.78. The first-order valence-corrected chi connectivity index (χ1v) is 4.97. The van der Waals surface area contributed by atoms with Crippen LogP contribution in [0.5, 0.6) is 0 Å². The summed E-state index contributed by atoms with van der Waals surface area (Å²) in [6.07, 6.45) is -0.533. The van der Waals surface area contributed by atoms with Crippen LogP contribution in [0.25, 0.3) is 0 Å². The molecule has 1 aromatic carbocycles. The van der Waals surface area contributed by atoms with Gasteiger partial charge in [-0.05, 0) is 12.5 Å². The van der Waals surface area contributed by atoms with E-state index in [2.05, 4.69) is 0 Å². The molecule has 0 heterocycles. The smallest absolute Gasteiger partial charge is 0.194 e. The fraction of sp³-hybridized carbons (Fsp3) is 0.455. The maximum atomic E-state index is 13.2. The molecule has 0 radical (unpaired) electrons. The third-order valence-corrected chi connectivity index (χ3v) is 2.05. The molecule has 0 saturated heterocycles. The SMILES string of the molecule is CCCOCC(O)c1ccc(F)c(F)c1F. The maximum Gasteiger partial charge on any atom is 0.194 e. The fourth-order valence-corrected chi connectivity index (χ4v) is 1.23. The summed E-state index contributed by atoms with van der Waals surface area (Å²) < 4.78 is 43.6. The molecule has 1 rings (SSSR count). The van der Waals surface area contributed by atoms with Gasteiger partial charge in [0.05, 0.1) is 6.61 Å². The highest BCUT2D eigenvalue weighted by atomic mass is 19.2. The summed E-state index contributed by atoms with van der Waals surface area (Å²) in [5.74, 6) is -4.22. The lowest BCUT2D eigenvalue weighted by atomic mass is 10.1. The summed E-state index contributed by atoms with van der Waals surface area (Å²) in [6.45, 7) is 2.16. The van der Waals surface area contributed by atoms with Crippen molar-refractivity contribution in [3.05, 3.63) is 35.1 Å². The number of hydrogen-bond donors (Lipinski definition) is 1. The molecule has 0 bridgehead atoms. The molecule has 90 valence electrons. The van der Waals surface area contributed by atoms with E-state index in [0.717, 1.165) is 18.6 Å². The van der Waals surface area contributed by atoms with Crippen LogP contribution in [0.2, 0.25) is 0 Å². The van der Waals surface area contributed by atoms with Crippen LogP contribution in [-0.2, 0) is 4.74 Å². The van der Waals surface area contributed by atoms with Gasteiger partial charge >= 0.3 is 0 Å². The second-order valence-electron chi connectivity index (χ2n) is 3.36. The normalized spacial score (nSPS) is 12.8. The Morgan fingerprint density at radius 2 is 1.94 bits per heavy atom. The van der Waals surface area contributed by atoms with Crippen molar-refractivity contribution >= 4 is 0 Å². The van der Waals surface area contributed by atoms with Gasteiger partial charge in [-0.1, -0.05) is 13.0 Å². The van der Waals surface area contributed by atoms with E-state index in [1.54, 1.807) is 0 Å². The molecule has 16 heavy (non-hydrogen) atoms. The summed E-state index contributed by atoms with van der Waals surface area (Å²) in [5.41, 5.74) is -0.296. The molecule has 0 amide bonds. The van der Waals surface area contributed by atoms with Gasteiger partial charge in [0, 0.05) is 12.2 Å². The topological polar surface area (TPSA) is 29.5 Å². The monoisotopic (exact) mass is 234 g/mol. The first kappa shape index (κ1) is 13.0. The average Bonchev–Trinajstić information content (AvgIpc) is 2.26. The lowest BCUT2D eigenvalue weighted by molar-refractivity contribution is 0.0342. The maximum absolute atomic E-state index is 13.2. The zero-order chi connectivity index (χ0) is 12.1. The minimum absolute atomic E-state index is 0.143. The van der Waals surface area contributed by atoms with Crippen molar-refractivity contribution in [2.45, 2.75) is 19.4 Å². The molecule has 1 N–H and O–H groups in total. The molecule has 5 heteroatoms. The van der Waals surface area contributed by atoms with E-state index in [-0.39, 0.29) is 12.2 Å². The predicted octanol–water partition coefficient (Wildman–Crippen LogP) is 2.56. The predicted molar refractivity (Wildman–Crippen MR) is 52.4 cm³/mol. The molecular weight excluding hydrogens is 221 g/mol. The highest BCUT2D eigenvalue weighted by Gasteiger charge is 2.18. The standard InChI is InChI=1S/C11H13F3O2/c1-2-5-16-6-9(15)7-3-4-8(12)11(14)10(7)13/h3-4,9,15H,2,5-6H2,1H3. The second-order valence-corrected chi connectivity index (χ2v) is 3.36. The number of rotatable bonds is 5. The molecule has 0 aliphatic carbocycles. The van der Waals surface area contributed by atoms with E-state index in [0.29, 0.717) is 6.61 Å². The molecule has 0 spiro atoms. The van der Waals surface area contributed by atoms with Crippen molar-refractivity contribution < 1.29 is 23.0 Å². The Morgan fingerprint density at radius 3 is 2.56 bits per heavy atom. The van der Waals surface area contributed by atoms with Crippen LogP contribution in [0.1, 0.15) is 25.0 Å². The summed E-state index contributed by atoms with van der Waals surface area (Å²) in [5, 5.41) is 9.49. The van der Waals surface area contributed by atoms with Crippen molar-refractivity contribution in [3.63, 3.8) is 0 Å². The van der Waals surface area contributed by atoms with Crippen molar-refractivity contribution in [3.8, 4) is 0 Å². The number of aliphatic hydroxyl groups is 1. The van der Waals surface area contributed by atoms with Crippen LogP contribution in [-0.4, -0.2) is 18.3 Å². The van der Waals surface area contributed by atoms with Gasteiger partial charge in [0.15, 0.2) is 17.5 Å². The number of hydrogen-bond acceptors (Lipinski definition) is 2. The third kappa shape index (κ3) is 2.96. The quantitative estimate of drug-likeness (QED) is 0.626. The second kappa shape index (κ2) is 5.86. The Morgan fingerprint density at radius 1 is 1.25 bits per heavy atom. The third-order valence-electron chi connectivity index (χ3n) is 2.05. The molecule has 0 aliphatic rings. The van der Waals surface area contributed by atoms with Crippen molar-refractivity contribution in [1.29, 1.82) is 0 Å². The van der Waals surface area contributed by atoms with Crippen LogP contribution in [0, 0.1) is 17.5 Å². The van der Waals surface area contributed by atoms with Gasteiger partial charge in [-0.15, -0.1) is 0 Å². The van der Waals surface area contributed by atoms with E-state index in [1.807, 2.05) is 6.92 Å². The summed E-state index contributed by atoms with van der Waals surface area (Å²) >= 11 is 0. The first-order valence-electron chi connectivity index (χ1n) is 4.97. The van der Waals surface area contributed by atoms with E-state index in [9.17, 15) is 18.3 Å². The highest BCUT2D eigenvalue weighted by Crippen LogP contribution is 2.21. The Hall–Kier alpha value is -1.07. The van der Waals surface area contributed by atoms with Crippen LogP contribution in [0.3, 0.4) is 0 Å². The Labute approximate surface area is 91.7 Å². The van der Waals surface area contributed by atoms with Crippen LogP contribution < -0.4 is 0 Å². The minimum atomic E-state index is -1.58. The lowest BCUT2D eigenvalue weighted by Gasteiger charge is -2.12. The van der Waals surface area contributed by atoms with Crippen molar-refractivity contribution in [1.82, 2.24) is 0 Å². The molecule has 0 fully saturated rings. The molecule has 2 nitrogen and oxygen atoms in total. The van der Waals surface area contributed by atoms with Gasteiger partial charge in [0.2, 0.25) is 0 Å². The molecular formula is C11H13F3O2. The van der Waals surface area contributed by atoms with Gasteiger partial charge in [0.25, 0.3) is 0 Å². The Balaban J connectivity index is 2.76. The molecule has 1 aromatic rings. The van der Waals surface area contributed by atoms with Crippen molar-refractivity contribution in [2.75, 3.05) is 13.2 Å². The largest absolute Gasteiger partial charge is 0.386 e. The molecule has 0 aromatic heterocycles. The van der Waals surface area contributed by atoms with E-state index >= 15 is 0 Å². The molecule has 1 atom stereocenters. The zero-order valence-electron chi connectivity index (χ0n) is 8.84. The number of aliphatic hydroxyl groups excluding tert-OH is 1. The zero-order valence-corrected chi connectivity index (χ0v) is 8.84. The van der Waals surface area contributed by atoms with Gasteiger partial charge < -0.3 is 9.84 Å². The van der Waals surface area contributed by atoms with E-state index in [4.69, 9.17) is 4.74 Å². The van der Waals surface area contributed by atoms with Crippen molar-refractivity contribution in [2.24, 2.45) is 0 Å². The van der Waals surface area contributed by atoms with Crippen LogP contribution >= 0.6 is 0 Å². The van der Waals surface area contributed by atoms with Crippen LogP contribution in [0.4, 0.5) is 13.2 Å². The lowest BCUT2D eigenvalue weighted by Crippen LogP contribution is -2.11. The van der Waals surface area contributed by atoms with Gasteiger partial charge in [-0.25, -0.2) is 13.2 Å². The Bertz CT molecular complexity index is 355. The van der Waals surface area contributed by atoms with Gasteiger partial charge in [-0.2, -0.15) is 0 Å². The number of halogens is 3. The van der Waals surface area contributed by atoms with Gasteiger partial charge in [0.1, 0.15) is 6.10 Å². The fourth-order valence-electron chi connectivity index (χ4n) is 1.23. The molecule has 1 unspecified atom stereocenters. The highest BCUT2D eigenvalue weighted by molar-refractivity contribution is 5.22. The summed E-state index contributed by atoms with van der Waals surface area (Å²) in [4.78, 5) is 0. The summed E-state index contributed by atoms with van der Waals surface area (Å²) in [7, 11) is 0. The van der Waals surface area contributed by atoms with E-state index in [1.165, 1.54) is 0 Å². The number of ether oxygens (including phenoxy) is 1. The average molecular weight is 234 g/mol. The first-order chi connectivity index (χ1) is 7.57.